The third-order valence-corrected chi connectivity index (χ3v) is 5.55. The third-order valence-electron chi connectivity index (χ3n) is 5.24. The number of aryl methyl sites for hydroxylation is 3. The van der Waals surface area contributed by atoms with Gasteiger partial charge in [0.25, 0.3) is 0 Å². The van der Waals surface area contributed by atoms with Crippen molar-refractivity contribution in [2.45, 2.75) is 40.0 Å². The summed E-state index contributed by atoms with van der Waals surface area (Å²) in [7, 11) is 1.79. The maximum atomic E-state index is 13.2. The number of fused-ring (bicyclic) bond motifs is 1. The molecule has 0 saturated heterocycles. The van der Waals surface area contributed by atoms with Gasteiger partial charge in [-0.05, 0) is 42.5 Å². The predicted molar refractivity (Wildman–Crippen MR) is 121 cm³/mol. The van der Waals surface area contributed by atoms with Crippen molar-refractivity contribution in [3.63, 3.8) is 0 Å². The first-order chi connectivity index (χ1) is 14.1. The summed E-state index contributed by atoms with van der Waals surface area (Å²) in [5.41, 5.74) is 4.78. The molecule has 6 nitrogen and oxygen atoms in total. The molecule has 0 bridgehead atoms. The van der Waals surface area contributed by atoms with Gasteiger partial charge in [0.1, 0.15) is 11.5 Å². The standard InChI is InChI=1S/C23H24ClN5O/c1-12-9-15(23(3,4)5)16(24)10-14(12)18-11-19(30)20-17(27-18)7-8-25-21(20)22-26-13(2)28-29(22)6/h7-11H,1-6H3,(H,27,30). The number of halogens is 1. The molecule has 4 aromatic rings. The Morgan fingerprint density at radius 3 is 2.50 bits per heavy atom. The Labute approximate surface area is 180 Å². The lowest BCUT2D eigenvalue weighted by Gasteiger charge is -2.22. The van der Waals surface area contributed by atoms with Crippen molar-refractivity contribution < 1.29 is 0 Å². The van der Waals surface area contributed by atoms with Crippen LogP contribution in [-0.2, 0) is 12.5 Å². The lowest BCUT2D eigenvalue weighted by molar-refractivity contribution is 0.590. The van der Waals surface area contributed by atoms with E-state index < -0.39 is 0 Å². The van der Waals surface area contributed by atoms with Crippen LogP contribution in [0.25, 0.3) is 33.7 Å². The molecule has 0 amide bonds. The lowest BCUT2D eigenvalue weighted by Crippen LogP contribution is -2.13. The predicted octanol–water partition coefficient (Wildman–Crippen LogP) is 4.95. The van der Waals surface area contributed by atoms with Crippen LogP contribution in [0.2, 0.25) is 5.02 Å². The highest BCUT2D eigenvalue weighted by molar-refractivity contribution is 6.31. The third kappa shape index (κ3) is 3.41. The highest BCUT2D eigenvalue weighted by Gasteiger charge is 2.20. The molecule has 154 valence electrons. The number of hydrogen-bond donors (Lipinski definition) is 1. The topological polar surface area (TPSA) is 76.5 Å². The number of hydrogen-bond acceptors (Lipinski definition) is 4. The highest BCUT2D eigenvalue weighted by Crippen LogP contribution is 2.35. The van der Waals surface area contributed by atoms with Gasteiger partial charge < -0.3 is 4.98 Å². The van der Waals surface area contributed by atoms with Gasteiger partial charge in [0.05, 0.1) is 16.6 Å². The number of nitrogens with zero attached hydrogens (tertiary/aromatic N) is 4. The van der Waals surface area contributed by atoms with Crippen molar-refractivity contribution in [2.24, 2.45) is 7.05 Å². The van der Waals surface area contributed by atoms with Crippen LogP contribution in [0.1, 0.15) is 37.7 Å². The Hall–Kier alpha value is -2.99. The van der Waals surface area contributed by atoms with Crippen LogP contribution in [0.3, 0.4) is 0 Å². The van der Waals surface area contributed by atoms with Crippen molar-refractivity contribution in [3.8, 4) is 22.8 Å². The van der Waals surface area contributed by atoms with Crippen LogP contribution in [-0.4, -0.2) is 24.7 Å². The highest BCUT2D eigenvalue weighted by atomic mass is 35.5. The molecule has 4 rings (SSSR count). The average Bonchev–Trinajstić information content (AvgIpc) is 2.99. The fourth-order valence-electron chi connectivity index (χ4n) is 3.78. The summed E-state index contributed by atoms with van der Waals surface area (Å²) in [6, 6.07) is 7.43. The van der Waals surface area contributed by atoms with Crippen LogP contribution in [0.4, 0.5) is 0 Å². The monoisotopic (exact) mass is 421 g/mol. The first-order valence-electron chi connectivity index (χ1n) is 9.77. The van der Waals surface area contributed by atoms with Crippen molar-refractivity contribution >= 4 is 22.5 Å². The largest absolute Gasteiger partial charge is 0.354 e. The lowest BCUT2D eigenvalue weighted by atomic mass is 9.85. The number of H-pyrrole nitrogens is 1. The summed E-state index contributed by atoms with van der Waals surface area (Å²) in [5.74, 6) is 1.19. The van der Waals surface area contributed by atoms with Crippen molar-refractivity contribution in [2.75, 3.05) is 0 Å². The van der Waals surface area contributed by atoms with Crippen molar-refractivity contribution in [1.29, 1.82) is 0 Å². The molecular weight excluding hydrogens is 398 g/mol. The van der Waals surface area contributed by atoms with Crippen LogP contribution in [0.15, 0.2) is 35.3 Å². The van der Waals surface area contributed by atoms with E-state index >= 15 is 0 Å². The zero-order valence-corrected chi connectivity index (χ0v) is 18.7. The molecular formula is C23H24ClN5O. The van der Waals surface area contributed by atoms with Gasteiger partial charge in [-0.2, -0.15) is 5.10 Å². The summed E-state index contributed by atoms with van der Waals surface area (Å²) in [6.45, 7) is 10.2. The Morgan fingerprint density at radius 1 is 1.13 bits per heavy atom. The summed E-state index contributed by atoms with van der Waals surface area (Å²) in [4.78, 5) is 25.4. The zero-order chi connectivity index (χ0) is 21.8. The van der Waals surface area contributed by atoms with E-state index in [0.717, 1.165) is 22.4 Å². The van der Waals surface area contributed by atoms with Crippen molar-refractivity contribution in [1.82, 2.24) is 24.7 Å². The molecule has 0 aliphatic heterocycles. The number of benzene rings is 1. The molecule has 3 aromatic heterocycles. The smallest absolute Gasteiger partial charge is 0.192 e. The number of nitrogens with one attached hydrogen (secondary N) is 1. The summed E-state index contributed by atoms with van der Waals surface area (Å²) >= 11 is 6.60. The van der Waals surface area contributed by atoms with Gasteiger partial charge >= 0.3 is 0 Å². The maximum absolute atomic E-state index is 13.2. The molecule has 0 aliphatic rings. The summed E-state index contributed by atoms with van der Waals surface area (Å²) in [5, 5.41) is 5.46. The van der Waals surface area contributed by atoms with Gasteiger partial charge in [0.15, 0.2) is 11.3 Å². The fraction of sp³-hybridized carbons (Fsp3) is 0.304. The SMILES string of the molecule is Cc1nc(-c2nccc3[nH]c(-c4cc(Cl)c(C(C)(C)C)cc4C)cc(=O)c23)n(C)n1. The molecule has 0 saturated carbocycles. The van der Waals surface area contributed by atoms with Gasteiger partial charge in [-0.3, -0.25) is 9.78 Å². The second-order valence-electron chi connectivity index (χ2n) is 8.63. The van der Waals surface area contributed by atoms with Gasteiger partial charge in [-0.15, -0.1) is 0 Å². The normalized spacial score (nSPS) is 12.0. The molecule has 30 heavy (non-hydrogen) atoms. The first kappa shape index (κ1) is 20.3. The van der Waals surface area contributed by atoms with E-state index in [-0.39, 0.29) is 10.8 Å². The minimum Gasteiger partial charge on any atom is -0.354 e. The van der Waals surface area contributed by atoms with Crippen LogP contribution in [0.5, 0.6) is 0 Å². The van der Waals surface area contributed by atoms with E-state index in [4.69, 9.17) is 11.6 Å². The van der Waals surface area contributed by atoms with Gasteiger partial charge in [0, 0.05) is 29.9 Å². The molecule has 0 unspecified atom stereocenters. The molecule has 0 spiro atoms. The van der Waals surface area contributed by atoms with E-state index in [1.54, 1.807) is 30.1 Å². The average molecular weight is 422 g/mol. The second kappa shape index (κ2) is 7.06. The van der Waals surface area contributed by atoms with Crippen LogP contribution in [0, 0.1) is 13.8 Å². The first-order valence-corrected chi connectivity index (χ1v) is 10.1. The number of aromatic amines is 1. The number of pyridine rings is 2. The van der Waals surface area contributed by atoms with E-state index in [0.29, 0.717) is 33.3 Å². The molecule has 0 aliphatic carbocycles. The molecule has 1 N–H and O–H groups in total. The van der Waals surface area contributed by atoms with E-state index in [2.05, 4.69) is 46.9 Å². The molecule has 0 atom stereocenters. The number of aromatic nitrogens is 5. The Bertz CT molecular complexity index is 1340. The summed E-state index contributed by atoms with van der Waals surface area (Å²) < 4.78 is 1.64. The quantitative estimate of drug-likeness (QED) is 0.496. The van der Waals surface area contributed by atoms with Crippen LogP contribution < -0.4 is 5.43 Å². The minimum atomic E-state index is -0.127. The fourth-order valence-corrected chi connectivity index (χ4v) is 4.23. The van der Waals surface area contributed by atoms with Crippen molar-refractivity contribution in [3.05, 3.63) is 62.7 Å². The molecule has 0 fully saturated rings. The molecule has 1 aromatic carbocycles. The Balaban J connectivity index is 1.93. The molecule has 7 heteroatoms. The molecule has 0 radical (unpaired) electrons. The summed E-state index contributed by atoms with van der Waals surface area (Å²) in [6.07, 6.45) is 1.67. The van der Waals surface area contributed by atoms with Gasteiger partial charge in [0.2, 0.25) is 0 Å². The zero-order valence-electron chi connectivity index (χ0n) is 18.0. The Kier molecular flexibility index (Phi) is 4.77. The van der Waals surface area contributed by atoms with E-state index in [9.17, 15) is 4.79 Å². The van der Waals surface area contributed by atoms with Crippen LogP contribution >= 0.6 is 11.6 Å². The minimum absolute atomic E-state index is 0.0635. The van der Waals surface area contributed by atoms with E-state index in [1.165, 1.54) is 0 Å². The van der Waals surface area contributed by atoms with Gasteiger partial charge in [-0.1, -0.05) is 38.4 Å². The maximum Gasteiger partial charge on any atom is 0.192 e. The van der Waals surface area contributed by atoms with Gasteiger partial charge in [-0.25, -0.2) is 9.67 Å². The Morgan fingerprint density at radius 2 is 1.87 bits per heavy atom. The van der Waals surface area contributed by atoms with E-state index in [1.807, 2.05) is 19.9 Å². The second-order valence-corrected chi connectivity index (χ2v) is 9.04. The molecule has 3 heterocycles. The number of rotatable bonds is 2.